The van der Waals surface area contributed by atoms with Crippen molar-refractivity contribution >= 4 is 40.8 Å². The molecule has 0 saturated carbocycles. The third-order valence-electron chi connectivity index (χ3n) is 3.07. The molecule has 0 N–H and O–H groups in total. The van der Waals surface area contributed by atoms with Gasteiger partial charge in [0, 0.05) is 0 Å². The Morgan fingerprint density at radius 3 is 2.17 bits per heavy atom. The third-order valence-corrected chi connectivity index (χ3v) is 3.66. The van der Waals surface area contributed by atoms with Crippen molar-refractivity contribution in [3.05, 3.63) is 60.2 Å². The summed E-state index contributed by atoms with van der Waals surface area (Å²) in [7, 11) is 1.54. The Morgan fingerprint density at radius 2 is 1.62 bits per heavy atom. The molecule has 0 fully saturated rings. The summed E-state index contributed by atoms with van der Waals surface area (Å²) in [4.78, 5) is 12.0. The number of alkyl halides is 3. The molecule has 0 amide bonds. The Kier molecular flexibility index (Phi) is 6.60. The van der Waals surface area contributed by atoms with E-state index < -0.39 is 15.9 Å². The molecule has 0 bridgehead atoms. The number of halogens is 3. The molecule has 0 radical (unpaired) electrons. The van der Waals surface area contributed by atoms with Crippen LogP contribution in [0.4, 0.5) is 0 Å². The molecule has 0 heterocycles. The first-order chi connectivity index (χ1) is 11.4. The van der Waals surface area contributed by atoms with Crippen LogP contribution >= 0.6 is 34.8 Å². The maximum atomic E-state index is 12.0. The van der Waals surface area contributed by atoms with Crippen molar-refractivity contribution < 1.29 is 19.0 Å². The monoisotopic (exact) mass is 388 g/mol. The summed E-state index contributed by atoms with van der Waals surface area (Å²) in [6.45, 7) is -0.294. The van der Waals surface area contributed by atoms with Gasteiger partial charge in [-0.05, 0) is 29.8 Å². The second-order valence-electron chi connectivity index (χ2n) is 4.79. The van der Waals surface area contributed by atoms with E-state index in [0.717, 1.165) is 0 Å². The smallest absolute Gasteiger partial charge is 0.344 e. The van der Waals surface area contributed by atoms with Crippen LogP contribution in [-0.4, -0.2) is 23.5 Å². The van der Waals surface area contributed by atoms with Gasteiger partial charge in [-0.15, -0.1) is 0 Å². The fourth-order valence-electron chi connectivity index (χ4n) is 1.93. The highest BCUT2D eigenvalue weighted by Crippen LogP contribution is 2.42. The molecule has 2 aromatic carbocycles. The van der Waals surface area contributed by atoms with Crippen LogP contribution in [0.1, 0.15) is 11.7 Å². The molecule has 4 nitrogen and oxygen atoms in total. The number of carbonyl (C=O) groups excluding carboxylic acids is 1. The summed E-state index contributed by atoms with van der Waals surface area (Å²) < 4.78 is 13.9. The topological polar surface area (TPSA) is 44.8 Å². The summed E-state index contributed by atoms with van der Waals surface area (Å²) in [5.41, 5.74) is 0.531. The zero-order valence-corrected chi connectivity index (χ0v) is 15.0. The van der Waals surface area contributed by atoms with E-state index in [1.165, 1.54) is 0 Å². The predicted molar refractivity (Wildman–Crippen MR) is 94.1 cm³/mol. The molecule has 0 saturated heterocycles. The van der Waals surface area contributed by atoms with Gasteiger partial charge >= 0.3 is 5.97 Å². The molecule has 7 heteroatoms. The van der Waals surface area contributed by atoms with Gasteiger partial charge in [0.15, 0.2) is 12.7 Å². The maximum absolute atomic E-state index is 12.0. The highest BCUT2D eigenvalue weighted by molar-refractivity contribution is 6.68. The lowest BCUT2D eigenvalue weighted by Crippen LogP contribution is -2.26. The molecule has 24 heavy (non-hydrogen) atoms. The highest BCUT2D eigenvalue weighted by atomic mass is 35.6. The minimum atomic E-state index is -1.82. The molecule has 1 atom stereocenters. The highest BCUT2D eigenvalue weighted by Gasteiger charge is 2.37. The SMILES string of the molecule is COc1ccc([C@H](OC(=O)COc2ccccc2)C(Cl)(Cl)Cl)cc1. The van der Waals surface area contributed by atoms with Crippen molar-refractivity contribution in [3.8, 4) is 11.5 Å². The summed E-state index contributed by atoms with van der Waals surface area (Å²) in [6, 6.07) is 15.6. The molecule has 0 aromatic heterocycles. The molecule has 0 unspecified atom stereocenters. The summed E-state index contributed by atoms with van der Waals surface area (Å²) in [5.74, 6) is 0.538. The van der Waals surface area contributed by atoms with Gasteiger partial charge in [0.2, 0.25) is 3.79 Å². The van der Waals surface area contributed by atoms with Gasteiger partial charge in [-0.2, -0.15) is 0 Å². The van der Waals surface area contributed by atoms with E-state index in [9.17, 15) is 4.79 Å². The summed E-state index contributed by atoms with van der Waals surface area (Å²) in [5, 5.41) is 0. The van der Waals surface area contributed by atoms with E-state index in [0.29, 0.717) is 17.1 Å². The Morgan fingerprint density at radius 1 is 1.00 bits per heavy atom. The Labute approximate surface area is 155 Å². The van der Waals surface area contributed by atoms with Gasteiger partial charge in [-0.1, -0.05) is 65.1 Å². The van der Waals surface area contributed by atoms with Crippen LogP contribution in [0, 0.1) is 0 Å². The largest absolute Gasteiger partial charge is 0.497 e. The first-order valence-corrected chi connectivity index (χ1v) is 8.11. The summed E-state index contributed by atoms with van der Waals surface area (Å²) >= 11 is 17.9. The average Bonchev–Trinajstić information content (AvgIpc) is 2.58. The molecule has 128 valence electrons. The number of hydrogen-bond donors (Lipinski definition) is 0. The van der Waals surface area contributed by atoms with Crippen LogP contribution in [0.5, 0.6) is 11.5 Å². The van der Waals surface area contributed by atoms with Crippen molar-refractivity contribution in [2.24, 2.45) is 0 Å². The number of para-hydroxylation sites is 1. The average molecular weight is 390 g/mol. The van der Waals surface area contributed by atoms with Gasteiger partial charge in [0.25, 0.3) is 0 Å². The van der Waals surface area contributed by atoms with Crippen LogP contribution in [0.3, 0.4) is 0 Å². The first-order valence-electron chi connectivity index (χ1n) is 6.98. The Bertz CT molecular complexity index is 654. The number of rotatable bonds is 6. The first kappa shape index (κ1) is 18.7. The van der Waals surface area contributed by atoms with Gasteiger partial charge in [-0.3, -0.25) is 0 Å². The lowest BCUT2D eigenvalue weighted by molar-refractivity contribution is -0.151. The standard InChI is InChI=1S/C17H15Cl3O4/c1-22-13-9-7-12(8-10-13)16(17(18,19)20)24-15(21)11-23-14-5-3-2-4-6-14/h2-10,16H,11H2,1H3/t16-/m0/s1. The van der Waals surface area contributed by atoms with Crippen LogP contribution in [-0.2, 0) is 9.53 Å². The molecular weight excluding hydrogens is 375 g/mol. The van der Waals surface area contributed by atoms with E-state index in [1.807, 2.05) is 6.07 Å². The molecule has 0 aliphatic rings. The zero-order valence-electron chi connectivity index (χ0n) is 12.7. The van der Waals surface area contributed by atoms with Gasteiger partial charge in [0.05, 0.1) is 7.11 Å². The number of ether oxygens (including phenoxy) is 3. The van der Waals surface area contributed by atoms with Crippen molar-refractivity contribution in [3.63, 3.8) is 0 Å². The van der Waals surface area contributed by atoms with E-state index in [2.05, 4.69) is 0 Å². The van der Waals surface area contributed by atoms with Crippen molar-refractivity contribution in [2.45, 2.75) is 9.90 Å². The minimum Gasteiger partial charge on any atom is -0.497 e. The third kappa shape index (κ3) is 5.48. The summed E-state index contributed by atoms with van der Waals surface area (Å²) in [6.07, 6.45) is -1.07. The molecule has 0 aliphatic carbocycles. The van der Waals surface area contributed by atoms with Crippen molar-refractivity contribution in [1.29, 1.82) is 0 Å². The fraction of sp³-hybridized carbons (Fsp3) is 0.235. The maximum Gasteiger partial charge on any atom is 0.344 e. The molecule has 0 spiro atoms. The van der Waals surface area contributed by atoms with Crippen LogP contribution < -0.4 is 9.47 Å². The van der Waals surface area contributed by atoms with Crippen LogP contribution in [0.25, 0.3) is 0 Å². The zero-order chi connectivity index (χ0) is 17.6. The van der Waals surface area contributed by atoms with E-state index in [-0.39, 0.29) is 6.61 Å². The van der Waals surface area contributed by atoms with Gasteiger partial charge < -0.3 is 14.2 Å². The normalized spacial score (nSPS) is 12.3. The second-order valence-corrected chi connectivity index (χ2v) is 7.16. The predicted octanol–water partition coefficient (Wildman–Crippen LogP) is 4.73. The van der Waals surface area contributed by atoms with Gasteiger partial charge in [-0.25, -0.2) is 4.79 Å². The Balaban J connectivity index is 2.04. The fourth-order valence-corrected chi connectivity index (χ4v) is 2.44. The van der Waals surface area contributed by atoms with E-state index in [4.69, 9.17) is 49.0 Å². The molecule has 0 aliphatic heterocycles. The Hall–Kier alpha value is -1.62. The molecule has 2 rings (SSSR count). The van der Waals surface area contributed by atoms with Crippen LogP contribution in [0.15, 0.2) is 54.6 Å². The number of benzene rings is 2. The minimum absolute atomic E-state index is 0.294. The van der Waals surface area contributed by atoms with Crippen molar-refractivity contribution in [1.82, 2.24) is 0 Å². The van der Waals surface area contributed by atoms with E-state index in [1.54, 1.807) is 55.6 Å². The number of methoxy groups -OCH3 is 1. The molecule has 2 aromatic rings. The van der Waals surface area contributed by atoms with Crippen molar-refractivity contribution in [2.75, 3.05) is 13.7 Å². The quantitative estimate of drug-likeness (QED) is 0.529. The lowest BCUT2D eigenvalue weighted by atomic mass is 10.1. The number of esters is 1. The number of hydrogen-bond acceptors (Lipinski definition) is 4. The van der Waals surface area contributed by atoms with Crippen LogP contribution in [0.2, 0.25) is 0 Å². The van der Waals surface area contributed by atoms with Gasteiger partial charge in [0.1, 0.15) is 11.5 Å². The van der Waals surface area contributed by atoms with E-state index >= 15 is 0 Å². The molecular formula is C17H15Cl3O4. The number of carbonyl (C=O) groups is 1. The lowest BCUT2D eigenvalue weighted by Gasteiger charge is -2.25. The second kappa shape index (κ2) is 8.47.